The van der Waals surface area contributed by atoms with Gasteiger partial charge in [0.15, 0.2) is 0 Å². The first-order valence-corrected chi connectivity index (χ1v) is 7.67. The summed E-state index contributed by atoms with van der Waals surface area (Å²) >= 11 is 0. The van der Waals surface area contributed by atoms with Crippen molar-refractivity contribution in [1.82, 2.24) is 0 Å². The Balaban J connectivity index is 0.00000220. The molecule has 0 unspecified atom stereocenters. The fourth-order valence-electron chi connectivity index (χ4n) is 3.16. The number of carbonyl (C=O) groups is 1. The van der Waals surface area contributed by atoms with Crippen LogP contribution in [0.25, 0.3) is 0 Å². The average molecular weight is 274 g/mol. The molecule has 0 saturated heterocycles. The molecule has 110 valence electrons. The molecule has 0 amide bonds. The zero-order chi connectivity index (χ0) is 14.4. The highest BCUT2D eigenvalue weighted by molar-refractivity contribution is 5.83. The van der Waals surface area contributed by atoms with Crippen LogP contribution in [0, 0.1) is 5.92 Å². The molecule has 1 aromatic carbocycles. The Bertz CT molecular complexity index is 445. The summed E-state index contributed by atoms with van der Waals surface area (Å²) in [6.45, 7) is 5.67. The number of hydrogen-bond acceptors (Lipinski definition) is 2. The van der Waals surface area contributed by atoms with Crippen LogP contribution in [0.5, 0.6) is 5.75 Å². The molecule has 1 fully saturated rings. The van der Waals surface area contributed by atoms with Gasteiger partial charge in [-0.15, -0.1) is 0 Å². The van der Waals surface area contributed by atoms with Gasteiger partial charge in [-0.25, -0.2) is 4.79 Å². The summed E-state index contributed by atoms with van der Waals surface area (Å²) in [7, 11) is 0. The van der Waals surface area contributed by atoms with Crippen LogP contribution >= 0.6 is 0 Å². The van der Waals surface area contributed by atoms with E-state index in [1.54, 1.807) is 0 Å². The molecule has 1 aromatic rings. The third kappa shape index (κ3) is 3.96. The number of hydrogen-bond donors (Lipinski definition) is 0. The van der Waals surface area contributed by atoms with Crippen LogP contribution in [0.4, 0.5) is 0 Å². The lowest BCUT2D eigenvalue weighted by atomic mass is 9.77. The fourth-order valence-corrected chi connectivity index (χ4v) is 3.16. The van der Waals surface area contributed by atoms with E-state index in [1.807, 2.05) is 12.1 Å². The fraction of sp³-hybridized carbons (Fsp3) is 0.500. The number of esters is 1. The number of ether oxygens (including phenoxy) is 1. The van der Waals surface area contributed by atoms with Crippen LogP contribution < -0.4 is 4.74 Å². The lowest BCUT2D eigenvalue weighted by molar-refractivity contribution is -0.128. The van der Waals surface area contributed by atoms with E-state index < -0.39 is 5.97 Å². The molecule has 0 radical (unpaired) electrons. The van der Waals surface area contributed by atoms with E-state index in [2.05, 4.69) is 25.6 Å². The van der Waals surface area contributed by atoms with Crippen molar-refractivity contribution in [2.75, 3.05) is 0 Å². The van der Waals surface area contributed by atoms with Crippen LogP contribution in [0.3, 0.4) is 0 Å². The van der Waals surface area contributed by atoms with Crippen molar-refractivity contribution in [1.29, 1.82) is 0 Å². The quantitative estimate of drug-likeness (QED) is 0.424. The Morgan fingerprint density at radius 3 is 2.50 bits per heavy atom. The van der Waals surface area contributed by atoms with Gasteiger partial charge >= 0.3 is 5.97 Å². The van der Waals surface area contributed by atoms with Gasteiger partial charge in [0.25, 0.3) is 0 Å². The summed E-state index contributed by atoms with van der Waals surface area (Å²) in [5.74, 6) is 1.80. The highest BCUT2D eigenvalue weighted by Gasteiger charge is 2.21. The van der Waals surface area contributed by atoms with Crippen LogP contribution in [-0.2, 0) is 4.79 Å². The highest BCUT2D eigenvalue weighted by atomic mass is 16.5. The maximum absolute atomic E-state index is 11.1. The van der Waals surface area contributed by atoms with Gasteiger partial charge in [-0.2, -0.15) is 0 Å². The van der Waals surface area contributed by atoms with Crippen LogP contribution in [0.2, 0.25) is 0 Å². The molecule has 0 N–H and O–H groups in total. The molecule has 2 heteroatoms. The van der Waals surface area contributed by atoms with Crippen molar-refractivity contribution in [3.8, 4) is 5.75 Å². The van der Waals surface area contributed by atoms with Crippen molar-refractivity contribution in [3.05, 3.63) is 42.5 Å². The second-order valence-corrected chi connectivity index (χ2v) is 5.70. The van der Waals surface area contributed by atoms with Gasteiger partial charge in [0.2, 0.25) is 0 Å². The molecule has 2 nitrogen and oxygen atoms in total. The van der Waals surface area contributed by atoms with Gasteiger partial charge in [0.1, 0.15) is 5.75 Å². The lowest BCUT2D eigenvalue weighted by Crippen LogP contribution is -2.13. The van der Waals surface area contributed by atoms with Crippen molar-refractivity contribution >= 4 is 5.97 Å². The van der Waals surface area contributed by atoms with Gasteiger partial charge in [0.05, 0.1) is 0 Å². The van der Waals surface area contributed by atoms with Crippen molar-refractivity contribution < 1.29 is 11.0 Å². The first kappa shape index (κ1) is 14.8. The summed E-state index contributed by atoms with van der Waals surface area (Å²) in [5, 5.41) is 0. The minimum absolute atomic E-state index is 0. The smallest absolute Gasteiger partial charge is 0.335 e. The first-order chi connectivity index (χ1) is 9.72. The second kappa shape index (κ2) is 7.28. The number of rotatable bonds is 5. The van der Waals surface area contributed by atoms with Crippen LogP contribution in [0.15, 0.2) is 36.9 Å². The minimum Gasteiger partial charge on any atom is -0.423 e. The van der Waals surface area contributed by atoms with E-state index in [1.165, 1.54) is 50.2 Å². The molecule has 0 atom stereocenters. The number of carbonyl (C=O) groups excluding carboxylic acids is 1. The van der Waals surface area contributed by atoms with E-state index in [0.29, 0.717) is 11.7 Å². The topological polar surface area (TPSA) is 26.3 Å². The zero-order valence-corrected chi connectivity index (χ0v) is 12.3. The summed E-state index contributed by atoms with van der Waals surface area (Å²) in [4.78, 5) is 11.1. The summed E-state index contributed by atoms with van der Waals surface area (Å²) in [5.41, 5.74) is 1.37. The molecule has 0 aromatic heterocycles. The zero-order valence-electron chi connectivity index (χ0n) is 12.3. The van der Waals surface area contributed by atoms with Gasteiger partial charge < -0.3 is 4.74 Å². The largest absolute Gasteiger partial charge is 0.423 e. The molecule has 0 spiro atoms. The molecule has 20 heavy (non-hydrogen) atoms. The lowest BCUT2D eigenvalue weighted by Gasteiger charge is -2.28. The Kier molecular flexibility index (Phi) is 5.40. The van der Waals surface area contributed by atoms with E-state index >= 15 is 0 Å². The molecule has 1 aliphatic rings. The number of benzene rings is 1. The normalized spacial score (nSPS) is 22.2. The molecular formula is C18H26O2. The Hall–Kier alpha value is -1.57. The van der Waals surface area contributed by atoms with E-state index in [-0.39, 0.29) is 1.43 Å². The standard InChI is InChI=1S/C18H24O2.H2/c1-3-5-14-6-8-15(9-7-14)16-10-12-17(13-11-16)20-18(19)4-2;/h4,10-15H,2-3,5-9H2,1H3;1H. The SMILES string of the molecule is C=CC(=O)Oc1ccc(C2CCC(CCC)CC2)cc1.[HH]. The maximum Gasteiger partial charge on any atom is 0.335 e. The average Bonchev–Trinajstić information content (AvgIpc) is 2.49. The predicted octanol–water partition coefficient (Wildman–Crippen LogP) is 5.10. The monoisotopic (exact) mass is 274 g/mol. The molecular weight excluding hydrogens is 248 g/mol. The molecule has 0 bridgehead atoms. The highest BCUT2D eigenvalue weighted by Crippen LogP contribution is 2.37. The minimum atomic E-state index is -0.405. The molecule has 0 heterocycles. The van der Waals surface area contributed by atoms with E-state index in [0.717, 1.165) is 5.92 Å². The van der Waals surface area contributed by atoms with Gasteiger partial charge in [-0.05, 0) is 55.2 Å². The van der Waals surface area contributed by atoms with Crippen molar-refractivity contribution in [2.45, 2.75) is 51.4 Å². The summed E-state index contributed by atoms with van der Waals surface area (Å²) < 4.78 is 5.10. The molecule has 2 rings (SSSR count). The van der Waals surface area contributed by atoms with Gasteiger partial charge in [-0.1, -0.05) is 38.5 Å². The van der Waals surface area contributed by atoms with E-state index in [4.69, 9.17) is 4.74 Å². The Labute approximate surface area is 123 Å². The Morgan fingerprint density at radius 1 is 1.30 bits per heavy atom. The van der Waals surface area contributed by atoms with Crippen molar-refractivity contribution in [3.63, 3.8) is 0 Å². The molecule has 0 aliphatic heterocycles. The maximum atomic E-state index is 11.1. The first-order valence-electron chi connectivity index (χ1n) is 7.67. The van der Waals surface area contributed by atoms with Gasteiger partial charge in [0, 0.05) is 7.50 Å². The Morgan fingerprint density at radius 2 is 1.95 bits per heavy atom. The van der Waals surface area contributed by atoms with E-state index in [9.17, 15) is 4.79 Å². The predicted molar refractivity (Wildman–Crippen MR) is 84.0 cm³/mol. The summed E-state index contributed by atoms with van der Waals surface area (Å²) in [6, 6.07) is 7.96. The van der Waals surface area contributed by atoms with Gasteiger partial charge in [-0.3, -0.25) is 0 Å². The molecule has 1 aliphatic carbocycles. The third-order valence-electron chi connectivity index (χ3n) is 4.28. The second-order valence-electron chi connectivity index (χ2n) is 5.70. The summed E-state index contributed by atoms with van der Waals surface area (Å²) in [6.07, 6.45) is 9.15. The van der Waals surface area contributed by atoms with Crippen LogP contribution in [0.1, 0.15) is 58.4 Å². The van der Waals surface area contributed by atoms with Crippen LogP contribution in [-0.4, -0.2) is 5.97 Å². The molecule has 1 saturated carbocycles. The third-order valence-corrected chi connectivity index (χ3v) is 4.28. The van der Waals surface area contributed by atoms with Crippen molar-refractivity contribution in [2.24, 2.45) is 5.92 Å².